The highest BCUT2D eigenvalue weighted by atomic mass is 19.4. The lowest BCUT2D eigenvalue weighted by atomic mass is 10.1. The van der Waals surface area contributed by atoms with Crippen LogP contribution < -0.4 is 15.4 Å². The van der Waals surface area contributed by atoms with E-state index in [1.165, 1.54) is 30.6 Å². The molecule has 2 N–H and O–H groups in total. The van der Waals surface area contributed by atoms with Gasteiger partial charge in [-0.1, -0.05) is 12.1 Å². The number of amides is 1. The maximum atomic E-state index is 12.6. The maximum absolute atomic E-state index is 12.6. The van der Waals surface area contributed by atoms with E-state index >= 15 is 0 Å². The Hall–Kier alpha value is -4.41. The van der Waals surface area contributed by atoms with E-state index in [0.717, 1.165) is 18.5 Å². The maximum Gasteiger partial charge on any atom is 0.573 e. The molecule has 0 aliphatic rings. The molecule has 0 unspecified atom stereocenters. The summed E-state index contributed by atoms with van der Waals surface area (Å²) in [5, 5.41) is 5.92. The van der Waals surface area contributed by atoms with Gasteiger partial charge in [0.2, 0.25) is 0 Å². The van der Waals surface area contributed by atoms with Crippen LogP contribution in [0.1, 0.15) is 16.8 Å². The Balaban J connectivity index is 1.38. The van der Waals surface area contributed by atoms with Crippen LogP contribution in [-0.2, 0) is 6.54 Å². The van der Waals surface area contributed by atoms with Gasteiger partial charge in [-0.15, -0.1) is 13.2 Å². The number of ether oxygens (including phenoxy) is 1. The molecule has 0 spiro atoms. The standard InChI is InChI=1S/C24H21F3N6O2/c25-24(26,27)35-20-7-5-19(6-8-20)32-22-14-21(30-15-31-22)17-3-1-4-18(13-17)23(34)29-9-2-11-33-12-10-28-16-33/h1,3-8,10,12-16H,2,9,11H2,(H,29,34)(H,30,31,32). The molecule has 35 heavy (non-hydrogen) atoms. The first-order valence-electron chi connectivity index (χ1n) is 10.6. The SMILES string of the molecule is O=C(NCCCn1ccnc1)c1cccc(-c2cc(Nc3ccc(OC(F)(F)F)cc3)ncn2)c1. The van der Waals surface area contributed by atoms with Crippen molar-refractivity contribution in [2.24, 2.45) is 0 Å². The van der Waals surface area contributed by atoms with Gasteiger partial charge in [-0.2, -0.15) is 0 Å². The van der Waals surface area contributed by atoms with E-state index in [9.17, 15) is 18.0 Å². The second kappa shape index (κ2) is 10.7. The molecule has 180 valence electrons. The van der Waals surface area contributed by atoms with Crippen LogP contribution in [0.2, 0.25) is 0 Å². The molecule has 0 atom stereocenters. The minimum atomic E-state index is -4.75. The number of carbonyl (C=O) groups excluding carboxylic acids is 1. The molecule has 0 saturated heterocycles. The Morgan fingerprint density at radius 2 is 1.89 bits per heavy atom. The summed E-state index contributed by atoms with van der Waals surface area (Å²) in [4.78, 5) is 25.0. The lowest BCUT2D eigenvalue weighted by Crippen LogP contribution is -2.25. The minimum Gasteiger partial charge on any atom is -0.406 e. The number of rotatable bonds is 9. The molecular weight excluding hydrogens is 461 g/mol. The Morgan fingerprint density at radius 3 is 2.63 bits per heavy atom. The van der Waals surface area contributed by atoms with Gasteiger partial charge in [-0.25, -0.2) is 15.0 Å². The Labute approximate surface area is 198 Å². The molecule has 0 saturated carbocycles. The molecule has 0 aliphatic heterocycles. The first-order chi connectivity index (χ1) is 16.9. The van der Waals surface area contributed by atoms with E-state index in [4.69, 9.17) is 0 Å². The number of aromatic nitrogens is 4. The van der Waals surface area contributed by atoms with Crippen LogP contribution in [0.15, 0.2) is 79.6 Å². The Kier molecular flexibility index (Phi) is 7.24. The van der Waals surface area contributed by atoms with E-state index in [0.29, 0.717) is 29.3 Å². The van der Waals surface area contributed by atoms with Crippen molar-refractivity contribution >= 4 is 17.4 Å². The summed E-state index contributed by atoms with van der Waals surface area (Å²) in [6.07, 6.45) is 2.69. The molecule has 2 aromatic carbocycles. The smallest absolute Gasteiger partial charge is 0.406 e. The lowest BCUT2D eigenvalue weighted by Gasteiger charge is -2.11. The molecule has 4 aromatic rings. The normalized spacial score (nSPS) is 11.2. The molecule has 2 aromatic heterocycles. The lowest BCUT2D eigenvalue weighted by molar-refractivity contribution is -0.274. The van der Waals surface area contributed by atoms with Crippen molar-refractivity contribution in [3.8, 4) is 17.0 Å². The fourth-order valence-electron chi connectivity index (χ4n) is 3.28. The largest absolute Gasteiger partial charge is 0.573 e. The summed E-state index contributed by atoms with van der Waals surface area (Å²) in [7, 11) is 0. The molecule has 8 nitrogen and oxygen atoms in total. The van der Waals surface area contributed by atoms with Gasteiger partial charge >= 0.3 is 6.36 Å². The van der Waals surface area contributed by atoms with Crippen LogP contribution >= 0.6 is 0 Å². The third kappa shape index (κ3) is 7.03. The number of nitrogens with zero attached hydrogens (tertiary/aromatic N) is 4. The number of hydrogen-bond donors (Lipinski definition) is 2. The predicted octanol–water partition coefficient (Wildman–Crippen LogP) is 4.80. The summed E-state index contributed by atoms with van der Waals surface area (Å²) >= 11 is 0. The molecular formula is C24H21F3N6O2. The minimum absolute atomic E-state index is 0.189. The summed E-state index contributed by atoms with van der Waals surface area (Å²) in [6, 6.07) is 14.0. The van der Waals surface area contributed by atoms with Gasteiger partial charge in [-0.3, -0.25) is 4.79 Å². The number of halogens is 3. The molecule has 0 aliphatic carbocycles. The second-order valence-corrected chi connectivity index (χ2v) is 7.48. The van der Waals surface area contributed by atoms with Gasteiger partial charge in [0.05, 0.1) is 12.0 Å². The Bertz CT molecular complexity index is 1260. The molecule has 4 rings (SSSR count). The fraction of sp³-hybridized carbons (Fsp3) is 0.167. The van der Waals surface area contributed by atoms with Crippen molar-refractivity contribution in [3.63, 3.8) is 0 Å². The molecule has 2 heterocycles. The molecule has 11 heteroatoms. The van der Waals surface area contributed by atoms with Crippen molar-refractivity contribution < 1.29 is 22.7 Å². The van der Waals surface area contributed by atoms with Gasteiger partial charge in [0, 0.05) is 48.4 Å². The molecule has 0 radical (unpaired) electrons. The van der Waals surface area contributed by atoms with Crippen molar-refractivity contribution in [1.82, 2.24) is 24.8 Å². The summed E-state index contributed by atoms with van der Waals surface area (Å²) in [6.45, 7) is 1.28. The number of carbonyl (C=O) groups is 1. The van der Waals surface area contributed by atoms with Crippen LogP contribution in [-0.4, -0.2) is 38.3 Å². The van der Waals surface area contributed by atoms with Crippen LogP contribution in [0.3, 0.4) is 0 Å². The van der Waals surface area contributed by atoms with E-state index in [-0.39, 0.29) is 11.7 Å². The van der Waals surface area contributed by atoms with E-state index < -0.39 is 6.36 Å². The highest BCUT2D eigenvalue weighted by Gasteiger charge is 2.30. The zero-order valence-electron chi connectivity index (χ0n) is 18.4. The van der Waals surface area contributed by atoms with Crippen LogP contribution in [0, 0.1) is 0 Å². The number of nitrogens with one attached hydrogen (secondary N) is 2. The number of anilines is 2. The number of hydrogen-bond acceptors (Lipinski definition) is 6. The highest BCUT2D eigenvalue weighted by Crippen LogP contribution is 2.26. The summed E-state index contributed by atoms with van der Waals surface area (Å²) in [5.41, 5.74) is 2.32. The number of aryl methyl sites for hydroxylation is 1. The van der Waals surface area contributed by atoms with Gasteiger partial charge in [0.25, 0.3) is 5.91 Å². The van der Waals surface area contributed by atoms with E-state index in [2.05, 4.69) is 30.3 Å². The third-order valence-electron chi connectivity index (χ3n) is 4.89. The monoisotopic (exact) mass is 482 g/mol. The van der Waals surface area contributed by atoms with Crippen molar-refractivity contribution in [2.75, 3.05) is 11.9 Å². The number of alkyl halides is 3. The van der Waals surface area contributed by atoms with E-state index in [1.807, 2.05) is 16.8 Å². The van der Waals surface area contributed by atoms with Crippen molar-refractivity contribution in [1.29, 1.82) is 0 Å². The van der Waals surface area contributed by atoms with Crippen molar-refractivity contribution in [2.45, 2.75) is 19.3 Å². The zero-order chi connectivity index (χ0) is 24.7. The van der Waals surface area contributed by atoms with Crippen LogP contribution in [0.4, 0.5) is 24.7 Å². The fourth-order valence-corrected chi connectivity index (χ4v) is 3.28. The zero-order valence-corrected chi connectivity index (χ0v) is 18.4. The van der Waals surface area contributed by atoms with Gasteiger partial charge in [0.15, 0.2) is 0 Å². The topological polar surface area (TPSA) is 94.0 Å². The van der Waals surface area contributed by atoms with E-state index in [1.54, 1.807) is 36.8 Å². The van der Waals surface area contributed by atoms with Gasteiger partial charge in [0.1, 0.15) is 17.9 Å². The summed E-state index contributed by atoms with van der Waals surface area (Å²) < 4.78 is 42.8. The van der Waals surface area contributed by atoms with Gasteiger partial charge < -0.3 is 19.9 Å². The Morgan fingerprint density at radius 1 is 1.06 bits per heavy atom. The highest BCUT2D eigenvalue weighted by molar-refractivity contribution is 5.95. The summed E-state index contributed by atoms with van der Waals surface area (Å²) in [5.74, 6) is -0.0665. The number of imidazole rings is 1. The first-order valence-corrected chi connectivity index (χ1v) is 10.6. The molecule has 0 bridgehead atoms. The average Bonchev–Trinajstić information content (AvgIpc) is 3.36. The van der Waals surface area contributed by atoms with Gasteiger partial charge in [-0.05, 0) is 42.8 Å². The quantitative estimate of drug-likeness (QED) is 0.333. The predicted molar refractivity (Wildman–Crippen MR) is 123 cm³/mol. The third-order valence-corrected chi connectivity index (χ3v) is 4.89. The first kappa shape index (κ1) is 23.7. The number of benzene rings is 2. The average molecular weight is 482 g/mol. The second-order valence-electron chi connectivity index (χ2n) is 7.48. The molecule has 0 fully saturated rings. The van der Waals surface area contributed by atoms with Crippen molar-refractivity contribution in [3.05, 3.63) is 85.2 Å². The molecule has 1 amide bonds. The van der Waals surface area contributed by atoms with Crippen LogP contribution in [0.25, 0.3) is 11.3 Å². The van der Waals surface area contributed by atoms with Crippen LogP contribution in [0.5, 0.6) is 5.75 Å².